The molecule has 7 nitrogen and oxygen atoms in total. The van der Waals surface area contributed by atoms with Crippen molar-refractivity contribution in [2.24, 2.45) is 0 Å². The van der Waals surface area contributed by atoms with Crippen molar-refractivity contribution in [1.82, 2.24) is 4.98 Å². The highest BCUT2D eigenvalue weighted by Gasteiger charge is 2.32. The van der Waals surface area contributed by atoms with E-state index >= 15 is 0 Å². The van der Waals surface area contributed by atoms with Crippen molar-refractivity contribution < 1.29 is 28.3 Å². The van der Waals surface area contributed by atoms with Gasteiger partial charge >= 0.3 is 11.7 Å². The van der Waals surface area contributed by atoms with Crippen LogP contribution in [0.2, 0.25) is 0 Å². The maximum Gasteiger partial charge on any atom is 0.361 e. The van der Waals surface area contributed by atoms with E-state index in [0.717, 1.165) is 7.11 Å². The second kappa shape index (κ2) is 4.68. The van der Waals surface area contributed by atoms with E-state index in [-0.39, 0.29) is 0 Å². The SMILES string of the molecule is COc1cc(C(F)F)c([N+](=O)[O-])c(C(=O)O)n1. The highest BCUT2D eigenvalue weighted by atomic mass is 19.3. The van der Waals surface area contributed by atoms with Crippen molar-refractivity contribution in [3.63, 3.8) is 0 Å². The maximum absolute atomic E-state index is 12.6. The molecule has 0 amide bonds. The van der Waals surface area contributed by atoms with Gasteiger partial charge in [-0.3, -0.25) is 10.1 Å². The molecular weight excluding hydrogens is 242 g/mol. The Labute approximate surface area is 92.8 Å². The molecule has 1 N–H and O–H groups in total. The van der Waals surface area contributed by atoms with Crippen LogP contribution in [0.5, 0.6) is 5.88 Å². The summed E-state index contributed by atoms with van der Waals surface area (Å²) in [5.74, 6) is -2.21. The van der Waals surface area contributed by atoms with E-state index in [1.54, 1.807) is 0 Å². The van der Waals surface area contributed by atoms with Gasteiger partial charge in [-0.05, 0) is 0 Å². The first-order valence-electron chi connectivity index (χ1n) is 4.13. The minimum Gasteiger partial charge on any atom is -0.481 e. The number of pyridine rings is 1. The van der Waals surface area contributed by atoms with Gasteiger partial charge in [0.25, 0.3) is 6.43 Å². The molecule has 1 rings (SSSR count). The molecule has 0 bridgehead atoms. The number of nitro groups is 1. The Balaban J connectivity index is 3.61. The van der Waals surface area contributed by atoms with Crippen LogP contribution < -0.4 is 4.74 Å². The minimum absolute atomic E-state index is 0.428. The first-order chi connectivity index (χ1) is 7.88. The van der Waals surface area contributed by atoms with Crippen LogP contribution in [0.1, 0.15) is 22.5 Å². The van der Waals surface area contributed by atoms with Crippen LogP contribution in [0.3, 0.4) is 0 Å². The number of rotatable bonds is 4. The fourth-order valence-corrected chi connectivity index (χ4v) is 1.15. The van der Waals surface area contributed by atoms with Crippen LogP contribution in [0.15, 0.2) is 6.07 Å². The van der Waals surface area contributed by atoms with Crippen LogP contribution in [-0.4, -0.2) is 28.1 Å². The number of carboxylic acid groups (broad SMARTS) is 1. The lowest BCUT2D eigenvalue weighted by molar-refractivity contribution is -0.386. The summed E-state index contributed by atoms with van der Waals surface area (Å²) in [6.07, 6.45) is -3.20. The third-order valence-electron chi connectivity index (χ3n) is 1.83. The topological polar surface area (TPSA) is 103 Å². The zero-order valence-corrected chi connectivity index (χ0v) is 8.39. The van der Waals surface area contributed by atoms with Gasteiger partial charge in [0, 0.05) is 6.07 Å². The van der Waals surface area contributed by atoms with Crippen molar-refractivity contribution in [2.75, 3.05) is 7.11 Å². The Bertz CT molecular complexity index is 477. The summed E-state index contributed by atoms with van der Waals surface area (Å²) >= 11 is 0. The van der Waals surface area contributed by atoms with Crippen LogP contribution in [-0.2, 0) is 0 Å². The Hall–Kier alpha value is -2.32. The number of aromatic nitrogens is 1. The van der Waals surface area contributed by atoms with E-state index in [1.165, 1.54) is 0 Å². The van der Waals surface area contributed by atoms with Crippen LogP contribution in [0.25, 0.3) is 0 Å². The monoisotopic (exact) mass is 248 g/mol. The van der Waals surface area contributed by atoms with Gasteiger partial charge in [0.1, 0.15) is 5.56 Å². The van der Waals surface area contributed by atoms with E-state index in [1.807, 2.05) is 0 Å². The Morgan fingerprint density at radius 3 is 2.59 bits per heavy atom. The molecule has 0 unspecified atom stereocenters. The Morgan fingerprint density at radius 1 is 1.65 bits per heavy atom. The Kier molecular flexibility index (Phi) is 3.51. The summed E-state index contributed by atoms with van der Waals surface area (Å²) in [5.41, 5.74) is -3.35. The summed E-state index contributed by atoms with van der Waals surface area (Å²) in [4.78, 5) is 23.3. The van der Waals surface area contributed by atoms with Gasteiger partial charge in [-0.15, -0.1) is 0 Å². The number of hydrogen-bond acceptors (Lipinski definition) is 5. The first-order valence-corrected chi connectivity index (χ1v) is 4.13. The molecule has 0 aromatic carbocycles. The van der Waals surface area contributed by atoms with E-state index in [2.05, 4.69) is 9.72 Å². The molecule has 0 atom stereocenters. The number of ether oxygens (including phenoxy) is 1. The van der Waals surface area contributed by atoms with Crippen molar-refractivity contribution in [3.05, 3.63) is 27.4 Å². The van der Waals surface area contributed by atoms with Gasteiger partial charge in [0.05, 0.1) is 12.0 Å². The molecule has 0 saturated carbocycles. The number of aromatic carboxylic acids is 1. The van der Waals surface area contributed by atoms with Crippen LogP contribution >= 0.6 is 0 Å². The molecule has 0 saturated heterocycles. The number of carboxylic acids is 1. The van der Waals surface area contributed by atoms with Gasteiger partial charge in [-0.2, -0.15) is 4.98 Å². The lowest BCUT2D eigenvalue weighted by atomic mass is 10.1. The van der Waals surface area contributed by atoms with Crippen molar-refractivity contribution in [1.29, 1.82) is 0 Å². The minimum atomic E-state index is -3.20. The number of carbonyl (C=O) groups is 1. The zero-order chi connectivity index (χ0) is 13.2. The fourth-order valence-electron chi connectivity index (χ4n) is 1.15. The van der Waals surface area contributed by atoms with E-state index < -0.39 is 40.1 Å². The molecule has 1 heterocycles. The molecule has 0 radical (unpaired) electrons. The van der Waals surface area contributed by atoms with E-state index in [9.17, 15) is 23.7 Å². The van der Waals surface area contributed by atoms with Gasteiger partial charge in [0.15, 0.2) is 0 Å². The summed E-state index contributed by atoms with van der Waals surface area (Å²) in [5, 5.41) is 19.3. The average Bonchev–Trinajstić information content (AvgIpc) is 2.26. The maximum atomic E-state index is 12.6. The Morgan fingerprint density at radius 2 is 2.24 bits per heavy atom. The largest absolute Gasteiger partial charge is 0.481 e. The van der Waals surface area contributed by atoms with Gasteiger partial charge in [-0.1, -0.05) is 0 Å². The molecule has 17 heavy (non-hydrogen) atoms. The second-order valence-electron chi connectivity index (χ2n) is 2.81. The molecule has 9 heteroatoms. The highest BCUT2D eigenvalue weighted by Crippen LogP contribution is 2.33. The molecule has 0 spiro atoms. The van der Waals surface area contributed by atoms with Crippen molar-refractivity contribution in [2.45, 2.75) is 6.43 Å². The van der Waals surface area contributed by atoms with Gasteiger partial charge in [0.2, 0.25) is 11.6 Å². The summed E-state index contributed by atoms with van der Waals surface area (Å²) < 4.78 is 29.6. The summed E-state index contributed by atoms with van der Waals surface area (Å²) in [7, 11) is 1.08. The number of hydrogen-bond donors (Lipinski definition) is 1. The quantitative estimate of drug-likeness (QED) is 0.641. The normalized spacial score (nSPS) is 10.4. The summed E-state index contributed by atoms with van der Waals surface area (Å²) in [6.45, 7) is 0. The van der Waals surface area contributed by atoms with Gasteiger partial charge in [-0.25, -0.2) is 13.6 Å². The van der Waals surface area contributed by atoms with Crippen LogP contribution in [0.4, 0.5) is 14.5 Å². The molecule has 0 aliphatic carbocycles. The number of methoxy groups -OCH3 is 1. The standard InChI is InChI=1S/C8H6F2N2O5/c1-17-4-2-3(7(9)10)6(12(15)16)5(11-4)8(13)14/h2,7H,1H3,(H,13,14). The molecule has 0 fully saturated rings. The second-order valence-corrected chi connectivity index (χ2v) is 2.81. The molecule has 0 aliphatic heterocycles. The lowest BCUT2D eigenvalue weighted by Crippen LogP contribution is -2.10. The molecular formula is C8H6F2N2O5. The zero-order valence-electron chi connectivity index (χ0n) is 8.39. The van der Waals surface area contributed by atoms with E-state index in [4.69, 9.17) is 5.11 Å². The van der Waals surface area contributed by atoms with Crippen molar-refractivity contribution in [3.8, 4) is 5.88 Å². The highest BCUT2D eigenvalue weighted by molar-refractivity contribution is 5.91. The average molecular weight is 248 g/mol. The third kappa shape index (κ3) is 2.44. The molecule has 1 aromatic heterocycles. The molecule has 1 aromatic rings. The third-order valence-corrected chi connectivity index (χ3v) is 1.83. The predicted molar refractivity (Wildman–Crippen MR) is 49.4 cm³/mol. The van der Waals surface area contributed by atoms with E-state index in [0.29, 0.717) is 6.07 Å². The number of halogens is 2. The fraction of sp³-hybridized carbons (Fsp3) is 0.250. The number of alkyl halides is 2. The number of nitrogens with zero attached hydrogens (tertiary/aromatic N) is 2. The smallest absolute Gasteiger partial charge is 0.361 e. The first kappa shape index (κ1) is 12.7. The summed E-state index contributed by atoms with van der Waals surface area (Å²) in [6, 6.07) is 0.634. The van der Waals surface area contributed by atoms with Gasteiger partial charge < -0.3 is 9.84 Å². The molecule has 0 aliphatic rings. The molecule has 92 valence electrons. The van der Waals surface area contributed by atoms with Crippen molar-refractivity contribution >= 4 is 11.7 Å². The predicted octanol–water partition coefficient (Wildman–Crippen LogP) is 1.63. The van der Waals surface area contributed by atoms with Crippen LogP contribution in [0, 0.1) is 10.1 Å². The lowest BCUT2D eigenvalue weighted by Gasteiger charge is -2.06.